The van der Waals surface area contributed by atoms with Gasteiger partial charge in [-0.05, 0) is 26.3 Å². The predicted octanol–water partition coefficient (Wildman–Crippen LogP) is 1.78. The summed E-state index contributed by atoms with van der Waals surface area (Å²) in [6.45, 7) is 5.55. The number of aromatic nitrogens is 4. The van der Waals surface area contributed by atoms with Crippen molar-refractivity contribution in [2.75, 3.05) is 0 Å². The number of hydrogen-bond donors (Lipinski definition) is 0. The monoisotopic (exact) mass is 326 g/mol. The first-order chi connectivity index (χ1) is 11.2. The van der Waals surface area contributed by atoms with E-state index in [-0.39, 0.29) is 11.2 Å². The summed E-state index contributed by atoms with van der Waals surface area (Å²) in [5, 5.41) is 0. The van der Waals surface area contributed by atoms with Crippen molar-refractivity contribution in [2.45, 2.75) is 32.7 Å². The maximum Gasteiger partial charge on any atom is 0.332 e. The SMILES string of the molecule is Cn1c(Cc2ccccc2)nc2c1c(=O)n(C(C)(C)C)c(=O)n2C. The number of fused-ring (bicyclic) bond motifs is 1. The molecule has 0 N–H and O–H groups in total. The number of aryl methyl sites for hydroxylation is 2. The molecule has 0 bridgehead atoms. The zero-order chi connectivity index (χ0) is 17.6. The molecule has 0 spiro atoms. The third-order valence-corrected chi connectivity index (χ3v) is 4.25. The molecule has 126 valence electrons. The Hall–Kier alpha value is -2.63. The van der Waals surface area contributed by atoms with Gasteiger partial charge in [0.05, 0.1) is 0 Å². The average Bonchev–Trinajstić information content (AvgIpc) is 2.82. The van der Waals surface area contributed by atoms with Crippen molar-refractivity contribution in [3.63, 3.8) is 0 Å². The molecular weight excluding hydrogens is 304 g/mol. The molecule has 0 atom stereocenters. The van der Waals surface area contributed by atoms with E-state index in [0.717, 1.165) is 11.4 Å². The van der Waals surface area contributed by atoms with Gasteiger partial charge < -0.3 is 4.57 Å². The minimum absolute atomic E-state index is 0.296. The van der Waals surface area contributed by atoms with Crippen LogP contribution in [0.5, 0.6) is 0 Å². The van der Waals surface area contributed by atoms with Gasteiger partial charge in [0, 0.05) is 26.1 Å². The largest absolute Gasteiger partial charge is 0.332 e. The quantitative estimate of drug-likeness (QED) is 0.721. The van der Waals surface area contributed by atoms with Crippen LogP contribution in [-0.2, 0) is 26.1 Å². The van der Waals surface area contributed by atoms with E-state index >= 15 is 0 Å². The average molecular weight is 326 g/mol. The summed E-state index contributed by atoms with van der Waals surface area (Å²) in [5.74, 6) is 0.759. The lowest BCUT2D eigenvalue weighted by molar-refractivity contribution is 0.361. The summed E-state index contributed by atoms with van der Waals surface area (Å²) >= 11 is 0. The molecule has 6 nitrogen and oxygen atoms in total. The number of nitrogens with zero attached hydrogens (tertiary/aromatic N) is 4. The van der Waals surface area contributed by atoms with E-state index in [1.807, 2.05) is 58.2 Å². The van der Waals surface area contributed by atoms with E-state index in [4.69, 9.17) is 0 Å². The summed E-state index contributed by atoms with van der Waals surface area (Å²) in [6, 6.07) is 9.95. The Labute approximate surface area is 140 Å². The summed E-state index contributed by atoms with van der Waals surface area (Å²) in [4.78, 5) is 30.1. The molecule has 2 heterocycles. The Bertz CT molecular complexity index is 1020. The molecule has 3 aromatic rings. The molecule has 0 saturated carbocycles. The highest BCUT2D eigenvalue weighted by Crippen LogP contribution is 2.15. The lowest BCUT2D eigenvalue weighted by Crippen LogP contribution is -2.47. The Morgan fingerprint density at radius 2 is 1.62 bits per heavy atom. The summed E-state index contributed by atoms with van der Waals surface area (Å²) < 4.78 is 4.55. The van der Waals surface area contributed by atoms with Crippen LogP contribution in [0.1, 0.15) is 32.2 Å². The molecule has 0 aliphatic heterocycles. The van der Waals surface area contributed by atoms with Crippen molar-refractivity contribution in [2.24, 2.45) is 14.1 Å². The molecule has 0 saturated heterocycles. The van der Waals surface area contributed by atoms with E-state index in [9.17, 15) is 9.59 Å². The van der Waals surface area contributed by atoms with Crippen molar-refractivity contribution in [3.8, 4) is 0 Å². The van der Waals surface area contributed by atoms with Crippen LogP contribution in [0.4, 0.5) is 0 Å². The van der Waals surface area contributed by atoms with Crippen LogP contribution < -0.4 is 11.2 Å². The molecular formula is C18H22N4O2. The van der Waals surface area contributed by atoms with Crippen molar-refractivity contribution >= 4 is 11.2 Å². The smallest absolute Gasteiger partial charge is 0.325 e. The molecule has 0 unspecified atom stereocenters. The van der Waals surface area contributed by atoms with Crippen LogP contribution in [0.3, 0.4) is 0 Å². The van der Waals surface area contributed by atoms with Crippen LogP contribution in [-0.4, -0.2) is 18.7 Å². The van der Waals surface area contributed by atoms with Gasteiger partial charge in [-0.1, -0.05) is 30.3 Å². The highest BCUT2D eigenvalue weighted by Gasteiger charge is 2.24. The lowest BCUT2D eigenvalue weighted by Gasteiger charge is -2.21. The Kier molecular flexibility index (Phi) is 3.70. The third-order valence-electron chi connectivity index (χ3n) is 4.25. The van der Waals surface area contributed by atoms with Crippen molar-refractivity contribution < 1.29 is 0 Å². The molecule has 0 radical (unpaired) electrons. The molecule has 6 heteroatoms. The van der Waals surface area contributed by atoms with E-state index in [1.165, 1.54) is 9.13 Å². The summed E-state index contributed by atoms with van der Waals surface area (Å²) in [7, 11) is 3.48. The molecule has 0 amide bonds. The molecule has 0 aliphatic rings. The zero-order valence-electron chi connectivity index (χ0n) is 14.7. The number of rotatable bonds is 2. The fraction of sp³-hybridized carbons (Fsp3) is 0.389. The van der Waals surface area contributed by atoms with E-state index in [2.05, 4.69) is 4.98 Å². The highest BCUT2D eigenvalue weighted by molar-refractivity contribution is 5.71. The van der Waals surface area contributed by atoms with Gasteiger partial charge in [-0.2, -0.15) is 0 Å². The van der Waals surface area contributed by atoms with Crippen LogP contribution in [0.25, 0.3) is 11.2 Å². The molecule has 24 heavy (non-hydrogen) atoms. The Balaban J connectivity index is 2.30. The van der Waals surface area contributed by atoms with Gasteiger partial charge in [-0.3, -0.25) is 13.9 Å². The summed E-state index contributed by atoms with van der Waals surface area (Å²) in [5.41, 5.74) is 0.762. The van der Waals surface area contributed by atoms with Crippen LogP contribution in [0, 0.1) is 0 Å². The first-order valence-electron chi connectivity index (χ1n) is 7.93. The standard InChI is InChI=1S/C18H22N4O2/c1-18(2,3)22-16(23)14-15(21(5)17(22)24)19-13(20(14)4)11-12-9-7-6-8-10-12/h6-10H,11H2,1-5H3. The van der Waals surface area contributed by atoms with Gasteiger partial charge in [-0.25, -0.2) is 9.78 Å². The van der Waals surface area contributed by atoms with E-state index in [0.29, 0.717) is 17.6 Å². The molecule has 0 aliphatic carbocycles. The number of hydrogen-bond acceptors (Lipinski definition) is 3. The van der Waals surface area contributed by atoms with Crippen LogP contribution in [0.2, 0.25) is 0 Å². The fourth-order valence-electron chi connectivity index (χ4n) is 2.96. The van der Waals surface area contributed by atoms with Gasteiger partial charge in [-0.15, -0.1) is 0 Å². The summed E-state index contributed by atoms with van der Waals surface area (Å²) in [6.07, 6.45) is 0.606. The van der Waals surface area contributed by atoms with Gasteiger partial charge in [0.1, 0.15) is 5.82 Å². The lowest BCUT2D eigenvalue weighted by atomic mass is 10.1. The minimum atomic E-state index is -0.593. The molecule has 3 rings (SSSR count). The van der Waals surface area contributed by atoms with Crippen LogP contribution in [0.15, 0.2) is 39.9 Å². The predicted molar refractivity (Wildman–Crippen MR) is 94.5 cm³/mol. The van der Waals surface area contributed by atoms with Gasteiger partial charge in [0.2, 0.25) is 0 Å². The Morgan fingerprint density at radius 1 is 1.00 bits per heavy atom. The second-order valence-corrected chi connectivity index (χ2v) is 7.07. The number of benzene rings is 1. The Morgan fingerprint density at radius 3 is 2.21 bits per heavy atom. The van der Waals surface area contributed by atoms with Gasteiger partial charge in [0.25, 0.3) is 5.56 Å². The number of imidazole rings is 1. The second kappa shape index (κ2) is 5.47. The topological polar surface area (TPSA) is 61.8 Å². The van der Waals surface area contributed by atoms with E-state index < -0.39 is 5.54 Å². The maximum absolute atomic E-state index is 12.9. The molecule has 1 aromatic carbocycles. The molecule has 0 fully saturated rings. The van der Waals surface area contributed by atoms with Crippen LogP contribution >= 0.6 is 0 Å². The maximum atomic E-state index is 12.9. The van der Waals surface area contributed by atoms with Gasteiger partial charge >= 0.3 is 5.69 Å². The first kappa shape index (κ1) is 16.2. The van der Waals surface area contributed by atoms with Gasteiger partial charge in [0.15, 0.2) is 11.2 Å². The van der Waals surface area contributed by atoms with E-state index in [1.54, 1.807) is 11.6 Å². The molecule has 2 aromatic heterocycles. The van der Waals surface area contributed by atoms with Crippen molar-refractivity contribution in [3.05, 3.63) is 62.6 Å². The highest BCUT2D eigenvalue weighted by atomic mass is 16.2. The normalized spacial score (nSPS) is 12.0. The first-order valence-corrected chi connectivity index (χ1v) is 7.93. The zero-order valence-corrected chi connectivity index (χ0v) is 14.7. The minimum Gasteiger partial charge on any atom is -0.325 e. The fourth-order valence-corrected chi connectivity index (χ4v) is 2.96. The third kappa shape index (κ3) is 2.48. The van der Waals surface area contributed by atoms with Crippen molar-refractivity contribution in [1.29, 1.82) is 0 Å². The van der Waals surface area contributed by atoms with Crippen molar-refractivity contribution in [1.82, 2.24) is 18.7 Å². The second-order valence-electron chi connectivity index (χ2n) is 7.07.